The highest BCUT2D eigenvalue weighted by Crippen LogP contribution is 2.23. The molecule has 0 unspecified atom stereocenters. The number of hydrogen-bond acceptors (Lipinski definition) is 3. The summed E-state index contributed by atoms with van der Waals surface area (Å²) in [5, 5.41) is 2.11. The van der Waals surface area contributed by atoms with Gasteiger partial charge in [-0.1, -0.05) is 18.2 Å². The predicted octanol–water partition coefficient (Wildman–Crippen LogP) is 4.04. The first-order valence-corrected chi connectivity index (χ1v) is 5.83. The van der Waals surface area contributed by atoms with E-state index in [0.29, 0.717) is 0 Å². The van der Waals surface area contributed by atoms with Gasteiger partial charge >= 0.3 is 12.7 Å². The summed E-state index contributed by atoms with van der Waals surface area (Å²) in [5.41, 5.74) is -0.325. The lowest BCUT2D eigenvalue weighted by atomic mass is 10.3. The van der Waals surface area contributed by atoms with Crippen molar-refractivity contribution in [2.45, 2.75) is 6.61 Å². The summed E-state index contributed by atoms with van der Waals surface area (Å²) in [6, 6.07) is 11.0. The third kappa shape index (κ3) is 4.41. The number of para-hydroxylation sites is 1. The number of carbonyl (C=O) groups excluding carboxylic acids is 1. The average molecular weight is 297 g/mol. The highest BCUT2D eigenvalue weighted by molar-refractivity contribution is 5.86. The van der Waals surface area contributed by atoms with Gasteiger partial charge in [0.25, 0.3) is 0 Å². The quantitative estimate of drug-likeness (QED) is 0.926. The molecule has 0 aliphatic heterocycles. The highest BCUT2D eigenvalue weighted by Gasteiger charge is 2.12. The van der Waals surface area contributed by atoms with Crippen molar-refractivity contribution in [3.8, 4) is 11.5 Å². The van der Waals surface area contributed by atoms with E-state index in [-0.39, 0.29) is 17.2 Å². The molecule has 0 heterocycles. The van der Waals surface area contributed by atoms with E-state index in [1.165, 1.54) is 12.1 Å². The Morgan fingerprint density at radius 3 is 2.43 bits per heavy atom. The molecule has 2 aromatic rings. The van der Waals surface area contributed by atoms with Crippen molar-refractivity contribution in [1.82, 2.24) is 0 Å². The lowest BCUT2D eigenvalue weighted by Crippen LogP contribution is -2.17. The normalized spacial score (nSPS) is 10.3. The summed E-state index contributed by atoms with van der Waals surface area (Å²) in [6.45, 7) is -3.04. The number of amides is 1. The van der Waals surface area contributed by atoms with Crippen molar-refractivity contribution in [2.24, 2.45) is 0 Å². The standard InChI is InChI=1S/C14H10F3NO3/c15-11-7-6-10(20-13(16)17)8-12(11)18-14(19)21-9-4-2-1-3-5-9/h1-8,13H,(H,18,19). The van der Waals surface area contributed by atoms with Crippen LogP contribution in [0.5, 0.6) is 11.5 Å². The Kier molecular flexibility index (Phi) is 4.65. The van der Waals surface area contributed by atoms with Crippen molar-refractivity contribution in [2.75, 3.05) is 5.32 Å². The Balaban J connectivity index is 2.06. The number of anilines is 1. The smallest absolute Gasteiger partial charge is 0.417 e. The molecule has 2 aromatic carbocycles. The van der Waals surface area contributed by atoms with Crippen molar-refractivity contribution >= 4 is 11.8 Å². The van der Waals surface area contributed by atoms with Crippen LogP contribution in [0.15, 0.2) is 48.5 Å². The second-order valence-electron chi connectivity index (χ2n) is 3.85. The molecule has 1 N–H and O–H groups in total. The molecule has 0 fully saturated rings. The van der Waals surface area contributed by atoms with Crippen LogP contribution in [0.2, 0.25) is 0 Å². The molecule has 0 aliphatic carbocycles. The topological polar surface area (TPSA) is 47.6 Å². The van der Waals surface area contributed by atoms with Gasteiger partial charge in [0.15, 0.2) is 0 Å². The van der Waals surface area contributed by atoms with Gasteiger partial charge in [-0.3, -0.25) is 5.32 Å². The Hall–Kier alpha value is -2.70. The maximum atomic E-state index is 13.5. The minimum atomic E-state index is -3.04. The van der Waals surface area contributed by atoms with Gasteiger partial charge in [-0.05, 0) is 24.3 Å². The van der Waals surface area contributed by atoms with Crippen LogP contribution < -0.4 is 14.8 Å². The number of carbonyl (C=O) groups is 1. The van der Waals surface area contributed by atoms with E-state index in [9.17, 15) is 18.0 Å². The number of halogens is 3. The van der Waals surface area contributed by atoms with Crippen LogP contribution in [0.1, 0.15) is 0 Å². The number of alkyl halides is 2. The van der Waals surface area contributed by atoms with Gasteiger partial charge < -0.3 is 9.47 Å². The van der Waals surface area contributed by atoms with Gasteiger partial charge in [0.1, 0.15) is 17.3 Å². The zero-order valence-corrected chi connectivity index (χ0v) is 10.6. The zero-order valence-electron chi connectivity index (χ0n) is 10.6. The van der Waals surface area contributed by atoms with Crippen molar-refractivity contribution in [3.63, 3.8) is 0 Å². The molecule has 0 aromatic heterocycles. The summed E-state index contributed by atoms with van der Waals surface area (Å²) >= 11 is 0. The number of benzene rings is 2. The van der Waals surface area contributed by atoms with Crippen molar-refractivity contribution in [1.29, 1.82) is 0 Å². The van der Waals surface area contributed by atoms with E-state index in [2.05, 4.69) is 10.1 Å². The molecule has 0 bridgehead atoms. The molecule has 2 rings (SSSR count). The van der Waals surface area contributed by atoms with Gasteiger partial charge in [0.2, 0.25) is 0 Å². The van der Waals surface area contributed by atoms with Crippen LogP contribution >= 0.6 is 0 Å². The SMILES string of the molecule is O=C(Nc1cc(OC(F)F)ccc1F)Oc1ccccc1. The summed E-state index contributed by atoms with van der Waals surface area (Å²) in [7, 11) is 0. The van der Waals surface area contributed by atoms with E-state index >= 15 is 0 Å². The Morgan fingerprint density at radius 2 is 1.76 bits per heavy atom. The predicted molar refractivity (Wildman–Crippen MR) is 69.1 cm³/mol. The second-order valence-corrected chi connectivity index (χ2v) is 3.85. The fourth-order valence-corrected chi connectivity index (χ4v) is 1.51. The second kappa shape index (κ2) is 6.65. The molecular weight excluding hydrogens is 287 g/mol. The van der Waals surface area contributed by atoms with Gasteiger partial charge in [-0.2, -0.15) is 8.78 Å². The Bertz CT molecular complexity index is 620. The van der Waals surface area contributed by atoms with Gasteiger partial charge in [-0.15, -0.1) is 0 Å². The molecule has 0 radical (unpaired) electrons. The van der Waals surface area contributed by atoms with Crippen LogP contribution in [-0.4, -0.2) is 12.7 Å². The molecule has 0 spiro atoms. The molecule has 0 aliphatic rings. The lowest BCUT2D eigenvalue weighted by molar-refractivity contribution is -0.0498. The number of hydrogen-bond donors (Lipinski definition) is 1. The molecular formula is C14H10F3NO3. The maximum absolute atomic E-state index is 13.5. The van der Waals surface area contributed by atoms with Crippen LogP contribution in [-0.2, 0) is 0 Å². The van der Waals surface area contributed by atoms with Crippen LogP contribution in [0.4, 0.5) is 23.7 Å². The largest absolute Gasteiger partial charge is 0.435 e. The van der Waals surface area contributed by atoms with Gasteiger partial charge in [-0.25, -0.2) is 9.18 Å². The number of nitrogens with one attached hydrogen (secondary N) is 1. The first kappa shape index (κ1) is 14.7. The van der Waals surface area contributed by atoms with E-state index < -0.39 is 18.5 Å². The van der Waals surface area contributed by atoms with Crippen LogP contribution in [0, 0.1) is 5.82 Å². The molecule has 0 atom stereocenters. The van der Waals surface area contributed by atoms with Crippen LogP contribution in [0.25, 0.3) is 0 Å². The minimum Gasteiger partial charge on any atom is -0.435 e. The van der Waals surface area contributed by atoms with Crippen molar-refractivity contribution < 1.29 is 27.4 Å². The highest BCUT2D eigenvalue weighted by atomic mass is 19.3. The summed E-state index contributed by atoms with van der Waals surface area (Å²) in [6.07, 6.45) is -0.950. The van der Waals surface area contributed by atoms with Crippen LogP contribution in [0.3, 0.4) is 0 Å². The third-order valence-corrected chi connectivity index (χ3v) is 2.35. The first-order chi connectivity index (χ1) is 10.0. The zero-order chi connectivity index (χ0) is 15.2. The fourth-order valence-electron chi connectivity index (χ4n) is 1.51. The monoisotopic (exact) mass is 297 g/mol. The first-order valence-electron chi connectivity index (χ1n) is 5.83. The molecule has 110 valence electrons. The van der Waals surface area contributed by atoms with Gasteiger partial charge in [0, 0.05) is 6.07 Å². The number of ether oxygens (including phenoxy) is 2. The summed E-state index contributed by atoms with van der Waals surface area (Å²) < 4.78 is 46.6. The maximum Gasteiger partial charge on any atom is 0.417 e. The van der Waals surface area contributed by atoms with E-state index in [4.69, 9.17) is 4.74 Å². The Morgan fingerprint density at radius 1 is 1.05 bits per heavy atom. The van der Waals surface area contributed by atoms with Gasteiger partial charge in [0.05, 0.1) is 5.69 Å². The van der Waals surface area contributed by atoms with E-state index in [0.717, 1.165) is 18.2 Å². The number of rotatable bonds is 4. The molecule has 7 heteroatoms. The third-order valence-electron chi connectivity index (χ3n) is 2.35. The van der Waals surface area contributed by atoms with E-state index in [1.807, 2.05) is 0 Å². The Labute approximate surface area is 118 Å². The molecule has 0 saturated carbocycles. The molecule has 21 heavy (non-hydrogen) atoms. The summed E-state index contributed by atoms with van der Waals surface area (Å²) in [5.74, 6) is -0.821. The minimum absolute atomic E-state index is 0.260. The molecule has 0 saturated heterocycles. The lowest BCUT2D eigenvalue weighted by Gasteiger charge is -2.09. The molecule has 1 amide bonds. The average Bonchev–Trinajstić information content (AvgIpc) is 2.43. The van der Waals surface area contributed by atoms with E-state index in [1.54, 1.807) is 18.2 Å². The fraction of sp³-hybridized carbons (Fsp3) is 0.0714. The van der Waals surface area contributed by atoms with Crippen molar-refractivity contribution in [3.05, 3.63) is 54.3 Å². The molecule has 4 nitrogen and oxygen atoms in total. The summed E-state index contributed by atoms with van der Waals surface area (Å²) in [4.78, 5) is 11.6.